The Balaban J connectivity index is 1.52. The van der Waals surface area contributed by atoms with E-state index in [4.69, 9.17) is 11.6 Å². The molecule has 1 aromatic heterocycles. The Morgan fingerprint density at radius 2 is 1.94 bits per heavy atom. The zero-order valence-corrected chi connectivity index (χ0v) is 19.9. The van der Waals surface area contributed by atoms with E-state index < -0.39 is 6.04 Å². The van der Waals surface area contributed by atoms with E-state index in [0.717, 1.165) is 22.2 Å². The normalized spacial score (nSPS) is 14.7. The molecular weight excluding hydrogens is 454 g/mol. The third-order valence-electron chi connectivity index (χ3n) is 5.85. The fraction of sp³-hybridized carbons (Fsp3) is 0.320. The summed E-state index contributed by atoms with van der Waals surface area (Å²) < 4.78 is 0. The van der Waals surface area contributed by atoms with Gasteiger partial charge in [0.05, 0.1) is 17.3 Å². The van der Waals surface area contributed by atoms with Crippen molar-refractivity contribution in [1.29, 1.82) is 0 Å². The molecule has 4 N–H and O–H groups in total. The highest BCUT2D eigenvalue weighted by atomic mass is 35.5. The van der Waals surface area contributed by atoms with Gasteiger partial charge < -0.3 is 25.8 Å². The van der Waals surface area contributed by atoms with Gasteiger partial charge in [0.2, 0.25) is 17.7 Å². The SMILES string of the molecule is CC(C)C(=O)NC(Cc1c[nH]c2ccccc12)C(=O)Nc1ccc(N2CCNC(=O)C2)c(Cl)c1. The van der Waals surface area contributed by atoms with Gasteiger partial charge in [-0.15, -0.1) is 0 Å². The number of H-pyrrole nitrogens is 1. The van der Waals surface area contributed by atoms with Crippen molar-refractivity contribution in [3.05, 3.63) is 59.2 Å². The third-order valence-corrected chi connectivity index (χ3v) is 6.15. The number of aromatic amines is 1. The zero-order chi connectivity index (χ0) is 24.2. The summed E-state index contributed by atoms with van der Waals surface area (Å²) >= 11 is 6.48. The first-order valence-electron chi connectivity index (χ1n) is 11.3. The minimum atomic E-state index is -0.765. The second-order valence-electron chi connectivity index (χ2n) is 8.71. The molecule has 1 saturated heterocycles. The van der Waals surface area contributed by atoms with Crippen LogP contribution in [0.1, 0.15) is 19.4 Å². The molecule has 1 aliphatic rings. The van der Waals surface area contributed by atoms with Gasteiger partial charge in [0.25, 0.3) is 0 Å². The minimum Gasteiger partial charge on any atom is -0.361 e. The lowest BCUT2D eigenvalue weighted by atomic mass is 10.0. The van der Waals surface area contributed by atoms with Crippen LogP contribution >= 0.6 is 11.6 Å². The van der Waals surface area contributed by atoms with Crippen LogP contribution in [0.2, 0.25) is 5.02 Å². The van der Waals surface area contributed by atoms with Crippen molar-refractivity contribution in [1.82, 2.24) is 15.6 Å². The summed E-state index contributed by atoms with van der Waals surface area (Å²) in [6, 6.07) is 12.3. The summed E-state index contributed by atoms with van der Waals surface area (Å²) in [5.74, 6) is -0.841. The Bertz CT molecular complexity index is 1220. The number of carbonyl (C=O) groups excluding carboxylic acids is 3. The number of hydrogen-bond donors (Lipinski definition) is 4. The van der Waals surface area contributed by atoms with E-state index in [-0.39, 0.29) is 30.2 Å². The molecule has 3 aromatic rings. The number of carbonyl (C=O) groups is 3. The first kappa shape index (κ1) is 23.6. The van der Waals surface area contributed by atoms with Gasteiger partial charge in [-0.25, -0.2) is 0 Å². The molecule has 1 aliphatic heterocycles. The summed E-state index contributed by atoms with van der Waals surface area (Å²) in [6.45, 7) is 5.02. The Labute approximate surface area is 203 Å². The van der Waals surface area contributed by atoms with Crippen LogP contribution in [-0.4, -0.2) is 48.4 Å². The van der Waals surface area contributed by atoms with Gasteiger partial charge in [0.15, 0.2) is 0 Å². The number of rotatable bonds is 7. The Kier molecular flexibility index (Phi) is 7.07. The highest BCUT2D eigenvalue weighted by Gasteiger charge is 2.25. The van der Waals surface area contributed by atoms with Gasteiger partial charge in [0.1, 0.15) is 6.04 Å². The molecule has 1 fully saturated rings. The first-order chi connectivity index (χ1) is 16.3. The third kappa shape index (κ3) is 5.34. The van der Waals surface area contributed by atoms with Gasteiger partial charge in [-0.05, 0) is 29.8 Å². The molecule has 34 heavy (non-hydrogen) atoms. The van der Waals surface area contributed by atoms with Crippen molar-refractivity contribution in [3.63, 3.8) is 0 Å². The highest BCUT2D eigenvalue weighted by molar-refractivity contribution is 6.33. The molecule has 4 rings (SSSR count). The lowest BCUT2D eigenvalue weighted by Crippen LogP contribution is -2.47. The molecule has 1 unspecified atom stereocenters. The van der Waals surface area contributed by atoms with Crippen LogP contribution in [0, 0.1) is 5.92 Å². The number of halogens is 1. The van der Waals surface area contributed by atoms with Crippen LogP contribution in [0.4, 0.5) is 11.4 Å². The van der Waals surface area contributed by atoms with E-state index in [1.54, 1.807) is 32.0 Å². The average molecular weight is 482 g/mol. The number of benzene rings is 2. The Morgan fingerprint density at radius 1 is 1.15 bits per heavy atom. The number of nitrogens with one attached hydrogen (secondary N) is 4. The summed E-state index contributed by atoms with van der Waals surface area (Å²) in [4.78, 5) is 42.5. The number of hydrogen-bond acceptors (Lipinski definition) is 4. The van der Waals surface area contributed by atoms with E-state index in [0.29, 0.717) is 30.2 Å². The average Bonchev–Trinajstić information content (AvgIpc) is 3.21. The maximum atomic E-state index is 13.2. The maximum absolute atomic E-state index is 13.2. The standard InChI is InChI=1S/C25H28ClN5O3/c1-15(2)24(33)30-21(11-16-13-28-20-6-4-3-5-18(16)20)25(34)29-17-7-8-22(19(26)12-17)31-10-9-27-23(32)14-31/h3-8,12-13,15,21,28H,9-11,14H2,1-2H3,(H,27,32)(H,29,34)(H,30,33). The van der Waals surface area contributed by atoms with E-state index in [9.17, 15) is 14.4 Å². The molecule has 2 aromatic carbocycles. The molecule has 2 heterocycles. The van der Waals surface area contributed by atoms with Crippen LogP contribution in [-0.2, 0) is 20.8 Å². The molecule has 0 bridgehead atoms. The molecule has 8 nitrogen and oxygen atoms in total. The van der Waals surface area contributed by atoms with Gasteiger partial charge in [-0.2, -0.15) is 0 Å². The monoisotopic (exact) mass is 481 g/mol. The minimum absolute atomic E-state index is 0.0549. The number of anilines is 2. The van der Waals surface area contributed by atoms with Gasteiger partial charge in [-0.1, -0.05) is 43.6 Å². The van der Waals surface area contributed by atoms with Gasteiger partial charge in [-0.3, -0.25) is 14.4 Å². The molecule has 0 radical (unpaired) electrons. The number of amides is 3. The summed E-state index contributed by atoms with van der Waals surface area (Å²) in [6.07, 6.45) is 2.20. The van der Waals surface area contributed by atoms with Crippen molar-refractivity contribution < 1.29 is 14.4 Å². The van der Waals surface area contributed by atoms with Gasteiger partial charge in [0, 0.05) is 48.2 Å². The molecule has 178 valence electrons. The molecular formula is C25H28ClN5O3. The largest absolute Gasteiger partial charge is 0.361 e. The summed E-state index contributed by atoms with van der Waals surface area (Å²) in [7, 11) is 0. The maximum Gasteiger partial charge on any atom is 0.247 e. The quantitative estimate of drug-likeness (QED) is 0.416. The molecule has 0 spiro atoms. The summed E-state index contributed by atoms with van der Waals surface area (Å²) in [5.41, 5.74) is 3.16. The number of para-hydroxylation sites is 1. The number of nitrogens with zero attached hydrogens (tertiary/aromatic N) is 1. The fourth-order valence-corrected chi connectivity index (χ4v) is 4.28. The van der Waals surface area contributed by atoms with Crippen molar-refractivity contribution in [2.24, 2.45) is 5.92 Å². The fourth-order valence-electron chi connectivity index (χ4n) is 3.98. The Hall–Kier alpha value is -3.52. The van der Waals surface area contributed by atoms with Crippen LogP contribution < -0.4 is 20.9 Å². The Morgan fingerprint density at radius 3 is 2.68 bits per heavy atom. The number of piperazine rings is 1. The summed E-state index contributed by atoms with van der Waals surface area (Å²) in [5, 5.41) is 9.99. The molecule has 9 heteroatoms. The van der Waals surface area contributed by atoms with E-state index in [2.05, 4.69) is 20.9 Å². The molecule has 0 saturated carbocycles. The predicted molar refractivity (Wildman–Crippen MR) is 134 cm³/mol. The van der Waals surface area contributed by atoms with E-state index >= 15 is 0 Å². The van der Waals surface area contributed by atoms with Crippen molar-refractivity contribution in [2.45, 2.75) is 26.3 Å². The first-order valence-corrected chi connectivity index (χ1v) is 11.7. The molecule has 3 amide bonds. The number of fused-ring (bicyclic) bond motifs is 1. The number of aromatic nitrogens is 1. The van der Waals surface area contributed by atoms with Crippen molar-refractivity contribution in [3.8, 4) is 0 Å². The van der Waals surface area contributed by atoms with E-state index in [1.165, 1.54) is 0 Å². The molecule has 0 aliphatic carbocycles. The van der Waals surface area contributed by atoms with Gasteiger partial charge >= 0.3 is 0 Å². The van der Waals surface area contributed by atoms with Crippen LogP contribution in [0.25, 0.3) is 10.9 Å². The lowest BCUT2D eigenvalue weighted by Gasteiger charge is -2.29. The molecule has 1 atom stereocenters. The van der Waals surface area contributed by atoms with Crippen molar-refractivity contribution >= 4 is 51.6 Å². The topological polar surface area (TPSA) is 106 Å². The highest BCUT2D eigenvalue weighted by Crippen LogP contribution is 2.29. The van der Waals surface area contributed by atoms with Crippen LogP contribution in [0.15, 0.2) is 48.7 Å². The van der Waals surface area contributed by atoms with Crippen LogP contribution in [0.5, 0.6) is 0 Å². The predicted octanol–water partition coefficient (Wildman–Crippen LogP) is 3.08. The van der Waals surface area contributed by atoms with Crippen molar-refractivity contribution in [2.75, 3.05) is 29.9 Å². The lowest BCUT2D eigenvalue weighted by molar-refractivity contribution is -0.128. The second kappa shape index (κ2) is 10.2. The zero-order valence-electron chi connectivity index (χ0n) is 19.2. The second-order valence-corrected chi connectivity index (χ2v) is 9.11. The van der Waals surface area contributed by atoms with Crippen LogP contribution in [0.3, 0.4) is 0 Å². The van der Waals surface area contributed by atoms with E-state index in [1.807, 2.05) is 35.4 Å². The smallest absolute Gasteiger partial charge is 0.247 e.